The molecule has 4 nitrogen and oxygen atoms in total. The number of nitrogens with one attached hydrogen (secondary N) is 1. The maximum Gasteiger partial charge on any atom is 0.434 e. The number of aryl methyl sites for hydroxylation is 1. The highest BCUT2D eigenvalue weighted by Gasteiger charge is 2.71. The summed E-state index contributed by atoms with van der Waals surface area (Å²) in [6.45, 7) is 6.80. The Morgan fingerprint density at radius 3 is 2.26 bits per heavy atom. The van der Waals surface area contributed by atoms with E-state index in [2.05, 4.69) is 10.3 Å². The fourth-order valence-electron chi connectivity index (χ4n) is 3.55. The van der Waals surface area contributed by atoms with Crippen molar-refractivity contribution >= 4 is 17.4 Å². The van der Waals surface area contributed by atoms with Crippen LogP contribution in [0.25, 0.3) is 0 Å². The third-order valence-electron chi connectivity index (χ3n) is 4.32. The maximum atomic E-state index is 12.9. The van der Waals surface area contributed by atoms with Gasteiger partial charge in [0.2, 0.25) is 0 Å². The minimum Gasteiger partial charge on any atom is -0.444 e. The SMILES string of the molecule is Cc1sc(C23CC(NC(=O)OC(C)(C)C)(C2)C3)nc1C(F)(F)F. The van der Waals surface area contributed by atoms with Crippen molar-refractivity contribution in [3.05, 3.63) is 15.6 Å². The molecule has 0 aliphatic heterocycles. The van der Waals surface area contributed by atoms with E-state index < -0.39 is 23.6 Å². The van der Waals surface area contributed by atoms with Crippen molar-refractivity contribution in [2.45, 2.75) is 69.7 Å². The Bertz CT molecular complexity index is 641. The Balaban J connectivity index is 1.65. The number of thiazole rings is 1. The lowest BCUT2D eigenvalue weighted by molar-refractivity contribution is -0.141. The van der Waals surface area contributed by atoms with Crippen LogP contribution in [0, 0.1) is 6.92 Å². The number of aromatic nitrogens is 1. The van der Waals surface area contributed by atoms with Crippen LogP contribution in [0.15, 0.2) is 0 Å². The molecule has 0 unspecified atom stereocenters. The number of carbonyl (C=O) groups is 1. The number of halogens is 3. The molecule has 1 aromatic heterocycles. The summed E-state index contributed by atoms with van der Waals surface area (Å²) in [5.41, 5.74) is -1.98. The zero-order valence-corrected chi connectivity index (χ0v) is 14.2. The van der Waals surface area contributed by atoms with Gasteiger partial charge in [0.25, 0.3) is 0 Å². The minimum absolute atomic E-state index is 0.200. The van der Waals surface area contributed by atoms with E-state index in [9.17, 15) is 18.0 Å². The molecule has 2 bridgehead atoms. The molecule has 23 heavy (non-hydrogen) atoms. The highest BCUT2D eigenvalue weighted by molar-refractivity contribution is 7.11. The Labute approximate surface area is 136 Å². The first-order valence-electron chi connectivity index (χ1n) is 7.41. The van der Waals surface area contributed by atoms with E-state index in [0.717, 1.165) is 11.3 Å². The summed E-state index contributed by atoms with van der Waals surface area (Å²) < 4.78 is 43.8. The van der Waals surface area contributed by atoms with Crippen LogP contribution in [0.2, 0.25) is 0 Å². The number of amides is 1. The van der Waals surface area contributed by atoms with E-state index >= 15 is 0 Å². The van der Waals surface area contributed by atoms with Gasteiger partial charge in [-0.3, -0.25) is 0 Å². The quantitative estimate of drug-likeness (QED) is 0.873. The van der Waals surface area contributed by atoms with Crippen molar-refractivity contribution < 1.29 is 22.7 Å². The lowest BCUT2D eigenvalue weighted by atomic mass is 9.39. The van der Waals surface area contributed by atoms with Crippen LogP contribution >= 0.6 is 11.3 Å². The Kier molecular flexibility index (Phi) is 3.32. The molecule has 3 aliphatic carbocycles. The molecule has 1 amide bonds. The highest BCUT2D eigenvalue weighted by Crippen LogP contribution is 2.68. The molecule has 0 atom stereocenters. The molecule has 0 radical (unpaired) electrons. The molecule has 3 fully saturated rings. The van der Waals surface area contributed by atoms with Gasteiger partial charge in [-0.15, -0.1) is 11.3 Å². The predicted octanol–water partition coefficient (Wildman–Crippen LogP) is 4.17. The standard InChI is InChI=1S/C15H19F3N2O2S/c1-8-9(15(16,17)18)19-10(23-8)13-5-14(6-13,7-13)20-11(21)22-12(2,3)4/h5-7H2,1-4H3,(H,20,21). The van der Waals surface area contributed by atoms with Crippen molar-refractivity contribution in [2.75, 3.05) is 0 Å². The van der Waals surface area contributed by atoms with Gasteiger partial charge in [-0.1, -0.05) is 0 Å². The normalized spacial score (nSPS) is 29.5. The number of hydrogen-bond donors (Lipinski definition) is 1. The zero-order chi connectivity index (χ0) is 17.3. The maximum absolute atomic E-state index is 12.9. The average molecular weight is 348 g/mol. The molecule has 0 saturated heterocycles. The van der Waals surface area contributed by atoms with Crippen LogP contribution < -0.4 is 5.32 Å². The summed E-state index contributed by atoms with van der Waals surface area (Å²) in [4.78, 5) is 15.9. The number of carbonyl (C=O) groups excluding carboxylic acids is 1. The van der Waals surface area contributed by atoms with Gasteiger partial charge in [0, 0.05) is 15.8 Å². The lowest BCUT2D eigenvalue weighted by Crippen LogP contribution is -2.76. The van der Waals surface area contributed by atoms with Crippen molar-refractivity contribution in [2.24, 2.45) is 0 Å². The van der Waals surface area contributed by atoms with E-state index in [1.54, 1.807) is 20.8 Å². The smallest absolute Gasteiger partial charge is 0.434 e. The topological polar surface area (TPSA) is 51.2 Å². The van der Waals surface area contributed by atoms with E-state index in [-0.39, 0.29) is 15.8 Å². The second-order valence-electron chi connectivity index (χ2n) is 7.64. The van der Waals surface area contributed by atoms with Crippen LogP contribution in [0.5, 0.6) is 0 Å². The van der Waals surface area contributed by atoms with E-state index in [4.69, 9.17) is 4.74 Å². The lowest BCUT2D eigenvalue weighted by Gasteiger charge is -2.69. The van der Waals surface area contributed by atoms with Gasteiger partial charge in [-0.25, -0.2) is 9.78 Å². The van der Waals surface area contributed by atoms with Gasteiger partial charge in [0.15, 0.2) is 5.69 Å². The predicted molar refractivity (Wildman–Crippen MR) is 79.5 cm³/mol. The second kappa shape index (κ2) is 4.62. The molecule has 1 N–H and O–H groups in total. The van der Waals surface area contributed by atoms with Crippen LogP contribution in [-0.2, 0) is 16.3 Å². The zero-order valence-electron chi connectivity index (χ0n) is 13.4. The second-order valence-corrected chi connectivity index (χ2v) is 8.84. The number of ether oxygens (including phenoxy) is 1. The van der Waals surface area contributed by atoms with Gasteiger partial charge in [-0.2, -0.15) is 13.2 Å². The van der Waals surface area contributed by atoms with E-state index in [1.807, 2.05) is 0 Å². The van der Waals surface area contributed by atoms with Crippen molar-refractivity contribution in [1.82, 2.24) is 10.3 Å². The third kappa shape index (κ3) is 2.81. The number of alkyl halides is 3. The molecule has 8 heteroatoms. The van der Waals surface area contributed by atoms with E-state index in [1.165, 1.54) is 6.92 Å². The first kappa shape index (κ1) is 16.5. The van der Waals surface area contributed by atoms with Gasteiger partial charge < -0.3 is 10.1 Å². The number of nitrogens with zero attached hydrogens (tertiary/aromatic N) is 1. The number of alkyl carbamates (subject to hydrolysis) is 1. The molecule has 0 aromatic carbocycles. The van der Waals surface area contributed by atoms with Crippen molar-refractivity contribution in [3.63, 3.8) is 0 Å². The summed E-state index contributed by atoms with van der Waals surface area (Å²) >= 11 is 1.11. The Morgan fingerprint density at radius 2 is 1.83 bits per heavy atom. The van der Waals surface area contributed by atoms with Crippen LogP contribution in [0.3, 0.4) is 0 Å². The molecule has 3 aliphatic rings. The summed E-state index contributed by atoms with van der Waals surface area (Å²) in [6.07, 6.45) is -3.00. The average Bonchev–Trinajstić information content (AvgIpc) is 2.60. The van der Waals surface area contributed by atoms with Gasteiger partial charge in [0.1, 0.15) is 5.60 Å². The molecule has 1 aromatic rings. The molecule has 128 valence electrons. The molecular weight excluding hydrogens is 329 g/mol. The Hall–Kier alpha value is -1.31. The summed E-state index contributed by atoms with van der Waals surface area (Å²) in [5, 5.41) is 3.39. The van der Waals surface area contributed by atoms with Crippen LogP contribution in [0.1, 0.15) is 55.6 Å². The van der Waals surface area contributed by atoms with Gasteiger partial charge in [0.05, 0.1) is 5.01 Å². The first-order chi connectivity index (χ1) is 10.3. The number of hydrogen-bond acceptors (Lipinski definition) is 4. The summed E-state index contributed by atoms with van der Waals surface area (Å²) in [7, 11) is 0. The largest absolute Gasteiger partial charge is 0.444 e. The van der Waals surface area contributed by atoms with Gasteiger partial charge >= 0.3 is 12.3 Å². The fourth-order valence-corrected chi connectivity index (χ4v) is 4.67. The monoisotopic (exact) mass is 348 g/mol. The molecule has 0 spiro atoms. The van der Waals surface area contributed by atoms with E-state index in [0.29, 0.717) is 24.3 Å². The van der Waals surface area contributed by atoms with Crippen molar-refractivity contribution in [3.8, 4) is 0 Å². The first-order valence-corrected chi connectivity index (χ1v) is 8.22. The summed E-state index contributed by atoms with van der Waals surface area (Å²) in [5.74, 6) is 0. The van der Waals surface area contributed by atoms with Crippen LogP contribution in [-0.4, -0.2) is 22.2 Å². The summed E-state index contributed by atoms with van der Waals surface area (Å²) in [6, 6.07) is 0. The number of rotatable bonds is 2. The molecular formula is C15H19F3N2O2S. The van der Waals surface area contributed by atoms with Crippen LogP contribution in [0.4, 0.5) is 18.0 Å². The molecule has 3 saturated carbocycles. The fraction of sp³-hybridized carbons (Fsp3) is 0.733. The highest BCUT2D eigenvalue weighted by atomic mass is 32.1. The Morgan fingerprint density at radius 1 is 1.26 bits per heavy atom. The van der Waals surface area contributed by atoms with Crippen molar-refractivity contribution in [1.29, 1.82) is 0 Å². The third-order valence-corrected chi connectivity index (χ3v) is 5.53. The van der Waals surface area contributed by atoms with Gasteiger partial charge in [-0.05, 0) is 47.0 Å². The molecule has 1 heterocycles. The minimum atomic E-state index is -4.41. The molecule has 4 rings (SSSR count).